The van der Waals surface area contributed by atoms with Gasteiger partial charge in [0.25, 0.3) is 5.56 Å². The number of aromatic nitrogens is 3. The van der Waals surface area contributed by atoms with Crippen molar-refractivity contribution in [3.63, 3.8) is 0 Å². The van der Waals surface area contributed by atoms with E-state index in [4.69, 9.17) is 0 Å². The fourth-order valence-corrected chi connectivity index (χ4v) is 3.66. The molecular formula is C17H24N4O2. The monoisotopic (exact) mass is 316 g/mol. The standard InChI is InChI=1S/C17H24N4O2/c1-10(2)14-6-5-7-20(14)17(23)8-13-11(3)18-15-9-16(22)19-21(15)12(13)4/h9-10,14H,5-8H2,1-4H3,(H,19,22). The molecule has 0 aromatic carbocycles. The van der Waals surface area contributed by atoms with Gasteiger partial charge in [-0.05, 0) is 32.6 Å². The van der Waals surface area contributed by atoms with Gasteiger partial charge in [0, 0.05) is 35.6 Å². The number of aromatic amines is 1. The summed E-state index contributed by atoms with van der Waals surface area (Å²) in [6.07, 6.45) is 2.50. The fraction of sp³-hybridized carbons (Fsp3) is 0.588. The molecule has 1 unspecified atom stereocenters. The van der Waals surface area contributed by atoms with Crippen molar-refractivity contribution in [3.05, 3.63) is 33.4 Å². The molecule has 2 aromatic rings. The Balaban J connectivity index is 1.92. The number of likely N-dealkylation sites (tertiary alicyclic amines) is 1. The molecule has 6 heteroatoms. The van der Waals surface area contributed by atoms with E-state index in [0.29, 0.717) is 24.0 Å². The van der Waals surface area contributed by atoms with E-state index in [-0.39, 0.29) is 11.5 Å². The zero-order valence-electron chi connectivity index (χ0n) is 14.2. The van der Waals surface area contributed by atoms with Crippen LogP contribution in [0.5, 0.6) is 0 Å². The van der Waals surface area contributed by atoms with Gasteiger partial charge in [-0.2, -0.15) is 0 Å². The first kappa shape index (κ1) is 15.8. The van der Waals surface area contributed by atoms with Crippen LogP contribution in [-0.4, -0.2) is 38.0 Å². The van der Waals surface area contributed by atoms with Crippen LogP contribution in [0.4, 0.5) is 0 Å². The van der Waals surface area contributed by atoms with Crippen LogP contribution in [0, 0.1) is 19.8 Å². The molecular weight excluding hydrogens is 292 g/mol. The van der Waals surface area contributed by atoms with Gasteiger partial charge in [0.15, 0.2) is 5.65 Å². The number of rotatable bonds is 3. The highest BCUT2D eigenvalue weighted by Gasteiger charge is 2.31. The van der Waals surface area contributed by atoms with Crippen LogP contribution in [0.1, 0.15) is 43.6 Å². The third-order valence-electron chi connectivity index (χ3n) is 4.92. The number of nitrogens with one attached hydrogen (secondary N) is 1. The topological polar surface area (TPSA) is 70.5 Å². The summed E-state index contributed by atoms with van der Waals surface area (Å²) in [6.45, 7) is 9.01. The van der Waals surface area contributed by atoms with Crippen molar-refractivity contribution in [2.45, 2.75) is 53.0 Å². The third kappa shape index (κ3) is 2.78. The normalized spacial score (nSPS) is 18.3. The van der Waals surface area contributed by atoms with E-state index in [9.17, 15) is 9.59 Å². The van der Waals surface area contributed by atoms with Crippen molar-refractivity contribution in [2.24, 2.45) is 5.92 Å². The van der Waals surface area contributed by atoms with Gasteiger partial charge in [0.1, 0.15) is 0 Å². The van der Waals surface area contributed by atoms with Crippen LogP contribution in [0.15, 0.2) is 10.9 Å². The molecule has 1 aliphatic heterocycles. The minimum Gasteiger partial charge on any atom is -0.339 e. The molecule has 0 bridgehead atoms. The zero-order valence-corrected chi connectivity index (χ0v) is 14.2. The molecule has 3 rings (SSSR count). The van der Waals surface area contributed by atoms with Crippen LogP contribution >= 0.6 is 0 Å². The zero-order chi connectivity index (χ0) is 16.7. The van der Waals surface area contributed by atoms with E-state index in [0.717, 1.165) is 36.3 Å². The summed E-state index contributed by atoms with van der Waals surface area (Å²) >= 11 is 0. The number of fused-ring (bicyclic) bond motifs is 1. The average Bonchev–Trinajstić information content (AvgIpc) is 3.09. The van der Waals surface area contributed by atoms with E-state index in [1.807, 2.05) is 18.7 Å². The summed E-state index contributed by atoms with van der Waals surface area (Å²) in [5, 5.41) is 2.74. The minimum atomic E-state index is -0.178. The molecule has 1 fully saturated rings. The predicted molar refractivity (Wildman–Crippen MR) is 88.6 cm³/mol. The first-order chi connectivity index (χ1) is 10.9. The SMILES string of the molecule is Cc1nc2cc(=O)[nH]n2c(C)c1CC(=O)N1CCCC1C(C)C. The van der Waals surface area contributed by atoms with E-state index in [1.54, 1.807) is 4.52 Å². The van der Waals surface area contributed by atoms with Crippen LogP contribution in [0.25, 0.3) is 5.65 Å². The Morgan fingerprint density at radius 2 is 2.17 bits per heavy atom. The maximum Gasteiger partial charge on any atom is 0.266 e. The van der Waals surface area contributed by atoms with Gasteiger partial charge < -0.3 is 4.90 Å². The molecule has 23 heavy (non-hydrogen) atoms. The summed E-state index contributed by atoms with van der Waals surface area (Å²) in [4.78, 5) is 30.8. The molecule has 0 saturated carbocycles. The lowest BCUT2D eigenvalue weighted by molar-refractivity contribution is -0.132. The second kappa shape index (κ2) is 5.83. The number of amides is 1. The Hall–Kier alpha value is -2.11. The lowest BCUT2D eigenvalue weighted by Gasteiger charge is -2.28. The first-order valence-corrected chi connectivity index (χ1v) is 8.26. The highest BCUT2D eigenvalue weighted by atomic mass is 16.2. The van der Waals surface area contributed by atoms with Crippen molar-refractivity contribution < 1.29 is 4.79 Å². The molecule has 1 aliphatic rings. The molecule has 0 spiro atoms. The molecule has 1 saturated heterocycles. The number of hydrogen-bond acceptors (Lipinski definition) is 3. The molecule has 2 aromatic heterocycles. The number of hydrogen-bond donors (Lipinski definition) is 1. The Bertz CT molecular complexity index is 803. The lowest BCUT2D eigenvalue weighted by atomic mass is 10.0. The number of carbonyl (C=O) groups excluding carboxylic acids is 1. The minimum absolute atomic E-state index is 0.156. The number of nitrogens with zero attached hydrogens (tertiary/aromatic N) is 3. The van der Waals surface area contributed by atoms with Gasteiger partial charge in [-0.3, -0.25) is 14.7 Å². The molecule has 3 heterocycles. The summed E-state index contributed by atoms with van der Waals surface area (Å²) in [5.41, 5.74) is 3.02. The van der Waals surface area contributed by atoms with Crippen molar-refractivity contribution >= 4 is 11.6 Å². The largest absolute Gasteiger partial charge is 0.339 e. The second-order valence-corrected chi connectivity index (χ2v) is 6.79. The van der Waals surface area contributed by atoms with Crippen LogP contribution in [0.2, 0.25) is 0 Å². The van der Waals surface area contributed by atoms with Crippen molar-refractivity contribution in [1.82, 2.24) is 19.5 Å². The van der Waals surface area contributed by atoms with Crippen molar-refractivity contribution in [3.8, 4) is 0 Å². The summed E-state index contributed by atoms with van der Waals surface area (Å²) in [5.74, 6) is 0.633. The maximum absolute atomic E-state index is 12.8. The van der Waals surface area contributed by atoms with Gasteiger partial charge in [-0.25, -0.2) is 9.50 Å². The number of aryl methyl sites for hydroxylation is 2. The summed E-state index contributed by atoms with van der Waals surface area (Å²) < 4.78 is 1.67. The predicted octanol–water partition coefficient (Wildman–Crippen LogP) is 1.83. The summed E-state index contributed by atoms with van der Waals surface area (Å²) in [6, 6.07) is 1.81. The summed E-state index contributed by atoms with van der Waals surface area (Å²) in [7, 11) is 0. The molecule has 124 valence electrons. The number of carbonyl (C=O) groups is 1. The lowest BCUT2D eigenvalue weighted by Crippen LogP contribution is -2.39. The van der Waals surface area contributed by atoms with Gasteiger partial charge in [-0.1, -0.05) is 13.8 Å². The maximum atomic E-state index is 12.8. The van der Waals surface area contributed by atoms with Gasteiger partial charge >= 0.3 is 0 Å². The molecule has 1 atom stereocenters. The number of H-pyrrole nitrogens is 1. The first-order valence-electron chi connectivity index (χ1n) is 8.26. The molecule has 1 N–H and O–H groups in total. The van der Waals surface area contributed by atoms with Gasteiger partial charge in [0.05, 0.1) is 6.42 Å². The van der Waals surface area contributed by atoms with E-state index in [2.05, 4.69) is 23.9 Å². The Morgan fingerprint density at radius 3 is 2.87 bits per heavy atom. The Morgan fingerprint density at radius 1 is 1.43 bits per heavy atom. The van der Waals surface area contributed by atoms with E-state index in [1.165, 1.54) is 6.07 Å². The van der Waals surface area contributed by atoms with Crippen LogP contribution < -0.4 is 5.56 Å². The van der Waals surface area contributed by atoms with E-state index < -0.39 is 0 Å². The smallest absolute Gasteiger partial charge is 0.266 e. The molecule has 1 amide bonds. The van der Waals surface area contributed by atoms with Crippen molar-refractivity contribution in [1.29, 1.82) is 0 Å². The van der Waals surface area contributed by atoms with Crippen molar-refractivity contribution in [2.75, 3.05) is 6.54 Å². The Kier molecular flexibility index (Phi) is 4.00. The van der Waals surface area contributed by atoms with Crippen LogP contribution in [0.3, 0.4) is 0 Å². The molecule has 0 aliphatic carbocycles. The second-order valence-electron chi connectivity index (χ2n) is 6.79. The highest BCUT2D eigenvalue weighted by Crippen LogP contribution is 2.25. The quantitative estimate of drug-likeness (QED) is 0.939. The average molecular weight is 316 g/mol. The fourth-order valence-electron chi connectivity index (χ4n) is 3.66. The molecule has 0 radical (unpaired) electrons. The van der Waals surface area contributed by atoms with E-state index >= 15 is 0 Å². The van der Waals surface area contributed by atoms with Crippen LogP contribution in [-0.2, 0) is 11.2 Å². The van der Waals surface area contributed by atoms with Gasteiger partial charge in [-0.15, -0.1) is 0 Å². The Labute approximate surface area is 135 Å². The van der Waals surface area contributed by atoms with Gasteiger partial charge in [0.2, 0.25) is 5.91 Å². The third-order valence-corrected chi connectivity index (χ3v) is 4.92. The molecule has 6 nitrogen and oxygen atoms in total. The highest BCUT2D eigenvalue weighted by molar-refractivity contribution is 5.80.